The van der Waals surface area contributed by atoms with Crippen molar-refractivity contribution in [1.82, 2.24) is 19.9 Å². The van der Waals surface area contributed by atoms with Gasteiger partial charge in [-0.15, -0.1) is 22.1 Å². The maximum Gasteiger partial charge on any atom is 2.00 e. The van der Waals surface area contributed by atoms with Crippen LogP contribution in [0.4, 0.5) is 0 Å². The van der Waals surface area contributed by atoms with Gasteiger partial charge in [0.25, 0.3) is 0 Å². The van der Waals surface area contributed by atoms with Gasteiger partial charge in [-0.25, -0.2) is 9.97 Å². The van der Waals surface area contributed by atoms with Crippen molar-refractivity contribution < 1.29 is 17.1 Å². The molecular formula is C92H44CuN4. The van der Waals surface area contributed by atoms with Gasteiger partial charge in [-0.3, -0.25) is 0 Å². The summed E-state index contributed by atoms with van der Waals surface area (Å²) in [5.74, 6) is 30.6. The first kappa shape index (κ1) is 54.6. The third kappa shape index (κ3) is 7.88. The van der Waals surface area contributed by atoms with Crippen molar-refractivity contribution >= 4 is 173 Å². The summed E-state index contributed by atoms with van der Waals surface area (Å²) in [5, 5.41) is 25.4. The van der Waals surface area contributed by atoms with Crippen molar-refractivity contribution in [2.24, 2.45) is 0 Å². The van der Waals surface area contributed by atoms with Gasteiger partial charge in [-0.05, 0) is 156 Å². The molecule has 0 saturated heterocycles. The summed E-state index contributed by atoms with van der Waals surface area (Å²) in [6.45, 7) is 0. The predicted octanol–water partition coefficient (Wildman–Crippen LogP) is 21.3. The molecule has 0 unspecified atom stereocenters. The van der Waals surface area contributed by atoms with E-state index in [1.54, 1.807) is 0 Å². The minimum absolute atomic E-state index is 0. The molecule has 4 heterocycles. The number of hydrogen-bond acceptors (Lipinski definition) is 2. The van der Waals surface area contributed by atoms with Crippen molar-refractivity contribution in [2.45, 2.75) is 0 Å². The molecule has 0 aliphatic heterocycles. The zero-order chi connectivity index (χ0) is 62.7. The van der Waals surface area contributed by atoms with Crippen molar-refractivity contribution in [2.75, 3.05) is 0 Å². The maximum atomic E-state index is 6.21. The van der Waals surface area contributed by atoms with E-state index in [1.807, 2.05) is 72.8 Å². The Bertz CT molecular complexity index is 6130. The van der Waals surface area contributed by atoms with Crippen LogP contribution in [0.5, 0.6) is 0 Å². The third-order valence-corrected chi connectivity index (χ3v) is 19.9. The van der Waals surface area contributed by atoms with Crippen LogP contribution >= 0.6 is 0 Å². The predicted molar refractivity (Wildman–Crippen MR) is 401 cm³/mol. The van der Waals surface area contributed by atoms with Gasteiger partial charge < -0.3 is 9.97 Å². The summed E-state index contributed by atoms with van der Waals surface area (Å²) in [5.41, 5.74) is 11.8. The van der Waals surface area contributed by atoms with E-state index in [0.717, 1.165) is 152 Å². The molecule has 0 N–H and O–H groups in total. The van der Waals surface area contributed by atoms with Gasteiger partial charge in [0.1, 0.15) is 0 Å². The number of hydrogen-bond donors (Lipinski definition) is 0. The molecule has 0 atom stereocenters. The van der Waals surface area contributed by atoms with E-state index in [0.29, 0.717) is 66.4 Å². The van der Waals surface area contributed by atoms with E-state index in [4.69, 9.17) is 19.9 Å². The van der Waals surface area contributed by atoms with E-state index in [1.165, 1.54) is 0 Å². The minimum Gasteiger partial charge on any atom is -0.655 e. The summed E-state index contributed by atoms with van der Waals surface area (Å²) < 4.78 is 0. The van der Waals surface area contributed by atoms with E-state index in [2.05, 4.69) is 241 Å². The Kier molecular flexibility index (Phi) is 11.8. The Labute approximate surface area is 565 Å². The molecule has 0 aliphatic carbocycles. The molecule has 17 aromatic carbocycles. The van der Waals surface area contributed by atoms with Gasteiger partial charge in [-0.2, -0.15) is 0 Å². The normalized spacial score (nSPS) is 11.7. The largest absolute Gasteiger partial charge is 2.00 e. The Hall–Kier alpha value is -13.0. The van der Waals surface area contributed by atoms with E-state index in [9.17, 15) is 0 Å². The van der Waals surface area contributed by atoms with Crippen LogP contribution in [0.15, 0.2) is 267 Å². The topological polar surface area (TPSA) is 54.0 Å². The molecule has 0 amide bonds. The summed E-state index contributed by atoms with van der Waals surface area (Å²) in [7, 11) is 0. The quantitative estimate of drug-likeness (QED) is 0.112. The zero-order valence-corrected chi connectivity index (χ0v) is 52.4. The molecule has 0 fully saturated rings. The summed E-state index contributed by atoms with van der Waals surface area (Å²) in [6.07, 6.45) is 0. The molecular weight excluding hydrogens is 1220 g/mol. The fraction of sp³-hybridized carbons (Fsp3) is 0. The Balaban J connectivity index is 0.00000641. The minimum atomic E-state index is 0. The summed E-state index contributed by atoms with van der Waals surface area (Å²) in [4.78, 5) is 24.8. The molecule has 8 bridgehead atoms. The number of rotatable bonds is 0. The monoisotopic (exact) mass is 1270 g/mol. The van der Waals surface area contributed by atoms with E-state index < -0.39 is 0 Å². The van der Waals surface area contributed by atoms with Gasteiger partial charge in [0, 0.05) is 66.1 Å². The van der Waals surface area contributed by atoms with Gasteiger partial charge in [0.05, 0.1) is 22.1 Å². The van der Waals surface area contributed by atoms with Crippen LogP contribution in [0.25, 0.3) is 173 Å². The molecule has 1 radical (unpaired) electrons. The first-order valence-electron chi connectivity index (χ1n) is 32.4. The molecule has 0 spiro atoms. The van der Waals surface area contributed by atoms with Crippen molar-refractivity contribution in [1.29, 1.82) is 0 Å². The first-order chi connectivity index (χ1) is 47.7. The van der Waals surface area contributed by atoms with Gasteiger partial charge in [0.15, 0.2) is 0 Å². The molecule has 443 valence electrons. The molecule has 5 heteroatoms. The Morgan fingerprint density at radius 1 is 0.186 bits per heavy atom. The van der Waals surface area contributed by atoms with E-state index in [-0.39, 0.29) is 17.1 Å². The van der Waals surface area contributed by atoms with Crippen LogP contribution in [0.2, 0.25) is 0 Å². The van der Waals surface area contributed by atoms with Crippen molar-refractivity contribution in [3.8, 4) is 47.4 Å². The molecule has 4 aromatic heterocycles. The molecule has 97 heavy (non-hydrogen) atoms. The number of nitrogens with zero attached hydrogens (tertiary/aromatic N) is 4. The SMILES string of the molecule is C(#Cc1c2nc(c(C#Cc3ccccc3)c3[n-]c(c(C#Cc4ccccc4)c4nc(c(C#Cc5ccccc5)c5[n-]c1c1c6cccc7cccc(c76)c51)c1c5cccc6cccc(c65)c41)c1c4cccc5cccc(c54)c31)c1c3cccc4cccc(c43)c21)c1ccccc1.[Cu+2]. The number of benzene rings is 12. The second-order valence-electron chi connectivity index (χ2n) is 25.0. The first-order valence-corrected chi connectivity index (χ1v) is 32.4. The number of aromatic nitrogens is 4. The second-order valence-corrected chi connectivity index (χ2v) is 25.0. The molecule has 0 saturated carbocycles. The van der Waals surface area contributed by atoms with Crippen LogP contribution in [0, 0.1) is 47.4 Å². The van der Waals surface area contributed by atoms with E-state index >= 15 is 0 Å². The average Bonchev–Trinajstić information content (AvgIpc) is 1.53. The molecule has 21 rings (SSSR count). The third-order valence-electron chi connectivity index (χ3n) is 19.9. The van der Waals surface area contributed by atoms with Crippen LogP contribution in [-0.4, -0.2) is 9.97 Å². The van der Waals surface area contributed by atoms with Crippen molar-refractivity contribution in [3.05, 3.63) is 311 Å². The van der Waals surface area contributed by atoms with Crippen LogP contribution in [0.3, 0.4) is 0 Å². The Morgan fingerprint density at radius 3 is 0.588 bits per heavy atom. The average molecular weight is 1270 g/mol. The maximum absolute atomic E-state index is 6.21. The van der Waals surface area contributed by atoms with Crippen LogP contribution < -0.4 is 9.97 Å². The fourth-order valence-electron chi connectivity index (χ4n) is 16.0. The molecule has 0 aliphatic rings. The molecule has 21 aromatic rings. The second kappa shape index (κ2) is 21.0. The smallest absolute Gasteiger partial charge is 0.655 e. The van der Waals surface area contributed by atoms with Crippen molar-refractivity contribution in [3.63, 3.8) is 0 Å². The summed E-state index contributed by atoms with van der Waals surface area (Å²) >= 11 is 0. The zero-order valence-electron chi connectivity index (χ0n) is 51.5. The standard InChI is InChI=1S/C92H44N4.Cu/c1-5-21-53(22-6-1)45-49-69-85-77-61-37-13-29-57-31-15-39-63(73(57)61)79(77)87(93-85)70(50-46-54-23-7-2-8-24-54)89-81-65-41-17-33-59-35-19-43-67(75(59)65)83(81)91(95-89)72(52-48-56-27-11-4-12-28-56)92-84-68-44-20-36-60-34-18-42-66(76(60)68)82(84)90(96-92)71(51-47-55-25-9-3-10-26-55)88-80-64-40-16-32-58-30-14-38-62(74(58)64)78(80)86(69)94-88;/h1-44H;/q-2;+2. The Morgan fingerprint density at radius 2 is 0.381 bits per heavy atom. The van der Waals surface area contributed by atoms with Gasteiger partial charge in [0.2, 0.25) is 0 Å². The molecule has 4 nitrogen and oxygen atoms in total. The van der Waals surface area contributed by atoms with Gasteiger partial charge in [-0.1, -0.05) is 266 Å². The van der Waals surface area contributed by atoms with Crippen LogP contribution in [0.1, 0.15) is 44.5 Å². The van der Waals surface area contributed by atoms with Gasteiger partial charge >= 0.3 is 17.1 Å². The summed E-state index contributed by atoms with van der Waals surface area (Å²) in [6, 6.07) is 94.1. The van der Waals surface area contributed by atoms with Crippen LogP contribution in [-0.2, 0) is 17.1 Å². The fourth-order valence-corrected chi connectivity index (χ4v) is 16.0.